The van der Waals surface area contributed by atoms with Gasteiger partial charge in [-0.3, -0.25) is 9.59 Å². The summed E-state index contributed by atoms with van der Waals surface area (Å²) in [6.45, 7) is 0.0886. The fraction of sp³-hybridized carbons (Fsp3) is 0.133. The van der Waals surface area contributed by atoms with Gasteiger partial charge in [-0.25, -0.2) is 0 Å². The number of benzene rings is 4. The topological polar surface area (TPSA) is 40.6 Å². The van der Waals surface area contributed by atoms with E-state index >= 15 is 0 Å². The van der Waals surface area contributed by atoms with Crippen molar-refractivity contribution in [1.29, 1.82) is 0 Å². The fourth-order valence-electron chi connectivity index (χ4n) is 4.34. The molecule has 4 aromatic carbocycles. The number of rotatable bonds is 6. The third-order valence-corrected chi connectivity index (χ3v) is 6.19. The van der Waals surface area contributed by atoms with Crippen LogP contribution in [0.1, 0.15) is 22.3 Å². The quantitative estimate of drug-likeness (QED) is 0.406. The molecular weight excluding hydrogens is 420 g/mol. The Bertz CT molecular complexity index is 1160. The summed E-state index contributed by atoms with van der Waals surface area (Å²) >= 11 is 0. The van der Waals surface area contributed by atoms with Crippen molar-refractivity contribution in [2.45, 2.75) is 12.8 Å². The molecule has 2 amide bonds. The molecule has 4 nitrogen and oxygen atoms in total. The second-order valence-electron chi connectivity index (χ2n) is 8.62. The maximum Gasteiger partial charge on any atom is 0.247 e. The summed E-state index contributed by atoms with van der Waals surface area (Å²) in [5.41, 5.74) is 6.33. The van der Waals surface area contributed by atoms with Gasteiger partial charge < -0.3 is 9.80 Å². The second kappa shape index (κ2) is 9.75. The number of carbonyl (C=O) groups is 2. The van der Waals surface area contributed by atoms with Crippen molar-refractivity contribution in [3.05, 3.63) is 131 Å². The highest BCUT2D eigenvalue weighted by atomic mass is 16.2. The normalized spacial score (nSPS) is 13.9. The molecule has 0 N–H and O–H groups in total. The molecule has 5 rings (SSSR count). The predicted molar refractivity (Wildman–Crippen MR) is 136 cm³/mol. The highest BCUT2D eigenvalue weighted by Crippen LogP contribution is 2.24. The zero-order valence-corrected chi connectivity index (χ0v) is 18.9. The fourth-order valence-corrected chi connectivity index (χ4v) is 4.34. The highest BCUT2D eigenvalue weighted by molar-refractivity contribution is 6.12. The minimum Gasteiger partial charge on any atom is -0.301 e. The van der Waals surface area contributed by atoms with Crippen LogP contribution in [0, 0.1) is 0 Å². The Morgan fingerprint density at radius 1 is 0.441 bits per heavy atom. The van der Waals surface area contributed by atoms with Crippen LogP contribution >= 0.6 is 0 Å². The van der Waals surface area contributed by atoms with Crippen LogP contribution in [0.2, 0.25) is 0 Å². The van der Waals surface area contributed by atoms with Gasteiger partial charge in [0.2, 0.25) is 11.8 Å². The van der Waals surface area contributed by atoms with E-state index in [-0.39, 0.29) is 24.9 Å². The standard InChI is InChI=1S/C30H26N2O2/c33-29-22-32(28-17-13-26(14-18-28)20-24-9-5-2-6-10-24)30(34)21-31(29)27-15-11-25(12-16-27)19-23-7-3-1-4-8-23/h1-18H,19-22H2. The summed E-state index contributed by atoms with van der Waals surface area (Å²) in [4.78, 5) is 29.0. The van der Waals surface area contributed by atoms with E-state index in [1.54, 1.807) is 9.80 Å². The van der Waals surface area contributed by atoms with Crippen LogP contribution in [0.4, 0.5) is 11.4 Å². The summed E-state index contributed by atoms with van der Waals surface area (Å²) in [6, 6.07) is 36.4. The number of anilines is 2. The highest BCUT2D eigenvalue weighted by Gasteiger charge is 2.31. The Kier molecular flexibility index (Phi) is 6.21. The van der Waals surface area contributed by atoms with Gasteiger partial charge in [-0.05, 0) is 59.4 Å². The molecule has 0 spiro atoms. The van der Waals surface area contributed by atoms with Crippen LogP contribution in [0.3, 0.4) is 0 Å². The van der Waals surface area contributed by atoms with E-state index in [1.807, 2.05) is 84.9 Å². The number of amides is 2. The lowest BCUT2D eigenvalue weighted by Crippen LogP contribution is -2.54. The van der Waals surface area contributed by atoms with Crippen LogP contribution in [-0.4, -0.2) is 24.9 Å². The second-order valence-corrected chi connectivity index (χ2v) is 8.62. The van der Waals surface area contributed by atoms with Crippen LogP contribution in [0.5, 0.6) is 0 Å². The van der Waals surface area contributed by atoms with Gasteiger partial charge in [0.1, 0.15) is 13.1 Å². The van der Waals surface area contributed by atoms with Crippen molar-refractivity contribution in [3.8, 4) is 0 Å². The zero-order valence-electron chi connectivity index (χ0n) is 18.9. The number of piperazine rings is 1. The molecule has 1 aliphatic rings. The smallest absolute Gasteiger partial charge is 0.247 e. The molecule has 1 heterocycles. The maximum absolute atomic E-state index is 12.9. The Balaban J connectivity index is 1.24. The predicted octanol–water partition coefficient (Wildman–Crippen LogP) is 5.25. The molecule has 34 heavy (non-hydrogen) atoms. The Morgan fingerprint density at radius 2 is 0.765 bits per heavy atom. The molecule has 4 aromatic rings. The molecule has 0 aliphatic carbocycles. The van der Waals surface area contributed by atoms with Gasteiger partial charge in [0.15, 0.2) is 0 Å². The van der Waals surface area contributed by atoms with E-state index in [9.17, 15) is 9.59 Å². The first-order valence-electron chi connectivity index (χ1n) is 11.5. The molecule has 168 valence electrons. The van der Waals surface area contributed by atoms with E-state index < -0.39 is 0 Å². The molecule has 1 aliphatic heterocycles. The van der Waals surface area contributed by atoms with E-state index in [2.05, 4.69) is 24.3 Å². The van der Waals surface area contributed by atoms with Crippen LogP contribution in [-0.2, 0) is 22.4 Å². The summed E-state index contributed by atoms with van der Waals surface area (Å²) in [6.07, 6.45) is 1.67. The SMILES string of the molecule is O=C1CN(c2ccc(Cc3ccccc3)cc2)C(=O)CN1c1ccc(Cc2ccccc2)cc1. The molecule has 0 aromatic heterocycles. The zero-order chi connectivity index (χ0) is 23.3. The first kappa shape index (κ1) is 21.7. The monoisotopic (exact) mass is 446 g/mol. The van der Waals surface area contributed by atoms with Gasteiger partial charge in [-0.15, -0.1) is 0 Å². The first-order valence-corrected chi connectivity index (χ1v) is 11.5. The van der Waals surface area contributed by atoms with E-state index in [0.29, 0.717) is 0 Å². The molecule has 0 unspecified atom stereocenters. The molecule has 0 radical (unpaired) electrons. The summed E-state index contributed by atoms with van der Waals surface area (Å²) in [5, 5.41) is 0. The van der Waals surface area contributed by atoms with Crippen LogP contribution in [0.25, 0.3) is 0 Å². The largest absolute Gasteiger partial charge is 0.301 e. The van der Waals surface area contributed by atoms with Gasteiger partial charge >= 0.3 is 0 Å². The van der Waals surface area contributed by atoms with Crippen LogP contribution in [0.15, 0.2) is 109 Å². The third-order valence-electron chi connectivity index (χ3n) is 6.19. The lowest BCUT2D eigenvalue weighted by molar-refractivity contribution is -0.125. The number of hydrogen-bond acceptors (Lipinski definition) is 2. The van der Waals surface area contributed by atoms with Gasteiger partial charge in [0, 0.05) is 11.4 Å². The van der Waals surface area contributed by atoms with E-state index in [0.717, 1.165) is 24.2 Å². The lowest BCUT2D eigenvalue weighted by Gasteiger charge is -2.34. The molecule has 0 atom stereocenters. The summed E-state index contributed by atoms with van der Waals surface area (Å²) in [7, 11) is 0. The van der Waals surface area contributed by atoms with Gasteiger partial charge in [-0.2, -0.15) is 0 Å². The van der Waals surface area contributed by atoms with Crippen molar-refractivity contribution in [2.75, 3.05) is 22.9 Å². The van der Waals surface area contributed by atoms with E-state index in [4.69, 9.17) is 0 Å². The molecule has 0 saturated carbocycles. The Morgan fingerprint density at radius 3 is 1.12 bits per heavy atom. The van der Waals surface area contributed by atoms with Gasteiger partial charge in [0.05, 0.1) is 0 Å². The lowest BCUT2D eigenvalue weighted by atomic mass is 10.0. The Labute approximate surface area is 200 Å². The molecule has 1 fully saturated rings. The molecule has 0 bridgehead atoms. The van der Waals surface area contributed by atoms with Crippen molar-refractivity contribution >= 4 is 23.2 Å². The van der Waals surface area contributed by atoms with Crippen molar-refractivity contribution in [3.63, 3.8) is 0 Å². The first-order chi connectivity index (χ1) is 16.7. The minimum atomic E-state index is -0.0798. The van der Waals surface area contributed by atoms with E-state index in [1.165, 1.54) is 22.3 Å². The van der Waals surface area contributed by atoms with Gasteiger partial charge in [0.25, 0.3) is 0 Å². The van der Waals surface area contributed by atoms with Crippen molar-refractivity contribution in [1.82, 2.24) is 0 Å². The number of nitrogens with zero attached hydrogens (tertiary/aromatic N) is 2. The molecule has 4 heteroatoms. The van der Waals surface area contributed by atoms with Crippen LogP contribution < -0.4 is 9.80 Å². The summed E-state index contributed by atoms with van der Waals surface area (Å²) < 4.78 is 0. The Hall–Kier alpha value is -4.18. The third kappa shape index (κ3) is 4.91. The minimum absolute atomic E-state index is 0.0443. The molecular formula is C30H26N2O2. The average molecular weight is 447 g/mol. The maximum atomic E-state index is 12.9. The average Bonchev–Trinajstić information content (AvgIpc) is 2.88. The molecule has 1 saturated heterocycles. The number of hydrogen-bond donors (Lipinski definition) is 0. The van der Waals surface area contributed by atoms with Crippen molar-refractivity contribution in [2.24, 2.45) is 0 Å². The summed E-state index contributed by atoms with van der Waals surface area (Å²) in [5.74, 6) is -0.160. The van der Waals surface area contributed by atoms with Gasteiger partial charge in [-0.1, -0.05) is 84.9 Å². The number of carbonyl (C=O) groups excluding carboxylic acids is 2. The van der Waals surface area contributed by atoms with Crippen molar-refractivity contribution < 1.29 is 9.59 Å².